The van der Waals surface area contributed by atoms with Crippen LogP contribution >= 0.6 is 0 Å². The highest BCUT2D eigenvalue weighted by Crippen LogP contribution is 2.30. The summed E-state index contributed by atoms with van der Waals surface area (Å²) in [4.78, 5) is 11.3. The zero-order valence-electron chi connectivity index (χ0n) is 14.4. The van der Waals surface area contributed by atoms with Crippen molar-refractivity contribution < 1.29 is 19.4 Å². The summed E-state index contributed by atoms with van der Waals surface area (Å²) in [6, 6.07) is 0. The van der Waals surface area contributed by atoms with Crippen LogP contribution in [0.4, 0.5) is 0 Å². The van der Waals surface area contributed by atoms with Gasteiger partial charge in [0.15, 0.2) is 0 Å². The monoisotopic (exact) mass is 314 g/mol. The number of hydrogen-bond donors (Lipinski definition) is 1. The Labute approximate surface area is 135 Å². The number of epoxide rings is 1. The van der Waals surface area contributed by atoms with Gasteiger partial charge >= 0.3 is 5.97 Å². The van der Waals surface area contributed by atoms with Crippen molar-refractivity contribution in [2.45, 2.75) is 103 Å². The molecule has 0 bridgehead atoms. The third-order valence-corrected chi connectivity index (χ3v) is 4.12. The molecule has 0 radical (unpaired) electrons. The average molecular weight is 314 g/mol. The molecule has 0 aromatic rings. The molecule has 1 saturated heterocycles. The maximum absolute atomic E-state index is 11.3. The third kappa shape index (κ3) is 10.2. The lowest BCUT2D eigenvalue weighted by atomic mass is 10.0. The highest BCUT2D eigenvalue weighted by Gasteiger charge is 2.36. The molecule has 3 unspecified atom stereocenters. The number of carbonyl (C=O) groups is 1. The Hall–Kier alpha value is -0.610. The number of rotatable bonds is 14. The minimum absolute atomic E-state index is 0.114. The molecule has 0 saturated carbocycles. The van der Waals surface area contributed by atoms with E-state index in [4.69, 9.17) is 14.6 Å². The first-order chi connectivity index (χ1) is 10.6. The Balaban J connectivity index is 1.76. The van der Waals surface area contributed by atoms with Crippen LogP contribution in [0.1, 0.15) is 84.5 Å². The van der Waals surface area contributed by atoms with Crippen LogP contribution in [0, 0.1) is 0 Å². The van der Waals surface area contributed by atoms with Crippen molar-refractivity contribution in [3.8, 4) is 0 Å². The summed E-state index contributed by atoms with van der Waals surface area (Å²) in [5, 5.41) is 9.01. The van der Waals surface area contributed by atoms with Crippen molar-refractivity contribution >= 4 is 5.97 Å². The molecule has 4 heteroatoms. The highest BCUT2D eigenvalue weighted by molar-refractivity contribution is 5.69. The van der Waals surface area contributed by atoms with Gasteiger partial charge in [0.25, 0.3) is 0 Å². The van der Waals surface area contributed by atoms with Gasteiger partial charge in [-0.1, -0.05) is 51.9 Å². The molecule has 0 aromatic heterocycles. The van der Waals surface area contributed by atoms with Crippen LogP contribution in [0.15, 0.2) is 0 Å². The van der Waals surface area contributed by atoms with E-state index in [2.05, 4.69) is 6.92 Å². The molecule has 0 aliphatic carbocycles. The van der Waals surface area contributed by atoms with Crippen LogP contribution in [0.2, 0.25) is 0 Å². The number of unbranched alkanes of at least 4 members (excludes halogenated alkanes) is 6. The normalized spacial score (nSPS) is 21.6. The van der Waals surface area contributed by atoms with E-state index in [1.54, 1.807) is 6.92 Å². The molecule has 22 heavy (non-hydrogen) atoms. The Morgan fingerprint density at radius 2 is 1.64 bits per heavy atom. The molecule has 1 heterocycles. The summed E-state index contributed by atoms with van der Waals surface area (Å²) < 4.78 is 10.5. The Morgan fingerprint density at radius 3 is 2.27 bits per heavy atom. The van der Waals surface area contributed by atoms with E-state index in [0.717, 1.165) is 12.8 Å². The fourth-order valence-electron chi connectivity index (χ4n) is 2.76. The van der Waals surface area contributed by atoms with E-state index in [9.17, 15) is 4.79 Å². The Bertz CT molecular complexity index is 291. The zero-order valence-corrected chi connectivity index (χ0v) is 14.4. The van der Waals surface area contributed by atoms with Gasteiger partial charge in [0.2, 0.25) is 0 Å². The molecule has 1 N–H and O–H groups in total. The lowest BCUT2D eigenvalue weighted by molar-refractivity contribution is -0.146. The number of hydrogen-bond acceptors (Lipinski definition) is 4. The van der Waals surface area contributed by atoms with Crippen LogP contribution in [-0.4, -0.2) is 36.0 Å². The molecule has 130 valence electrons. The number of ether oxygens (including phenoxy) is 2. The molecule has 0 aromatic carbocycles. The SMILES string of the molecule is CCCC1OC1CCCCCCCCCC(=O)OCC(C)O. The van der Waals surface area contributed by atoms with Gasteiger partial charge in [0, 0.05) is 6.42 Å². The molecule has 1 aliphatic heterocycles. The molecule has 0 amide bonds. The summed E-state index contributed by atoms with van der Waals surface area (Å²) in [7, 11) is 0. The van der Waals surface area contributed by atoms with E-state index in [1.807, 2.05) is 0 Å². The zero-order chi connectivity index (χ0) is 16.2. The van der Waals surface area contributed by atoms with Crippen LogP contribution in [0.3, 0.4) is 0 Å². The topological polar surface area (TPSA) is 59.1 Å². The molecule has 0 spiro atoms. The van der Waals surface area contributed by atoms with Crippen molar-refractivity contribution in [2.75, 3.05) is 6.61 Å². The highest BCUT2D eigenvalue weighted by atomic mass is 16.6. The van der Waals surface area contributed by atoms with Crippen LogP contribution in [0.25, 0.3) is 0 Å². The summed E-state index contributed by atoms with van der Waals surface area (Å²) >= 11 is 0. The number of carbonyl (C=O) groups excluding carboxylic acids is 1. The molecule has 1 rings (SSSR count). The third-order valence-electron chi connectivity index (χ3n) is 4.12. The second-order valence-corrected chi connectivity index (χ2v) is 6.55. The second-order valence-electron chi connectivity index (χ2n) is 6.55. The molecular formula is C18H34O4. The quantitative estimate of drug-likeness (QED) is 0.299. The van der Waals surface area contributed by atoms with Gasteiger partial charge in [0.05, 0.1) is 18.3 Å². The fraction of sp³-hybridized carbons (Fsp3) is 0.944. The van der Waals surface area contributed by atoms with E-state index < -0.39 is 6.10 Å². The van der Waals surface area contributed by atoms with Crippen molar-refractivity contribution in [3.63, 3.8) is 0 Å². The van der Waals surface area contributed by atoms with Crippen molar-refractivity contribution in [1.29, 1.82) is 0 Å². The van der Waals surface area contributed by atoms with Gasteiger partial charge in [-0.3, -0.25) is 4.79 Å². The van der Waals surface area contributed by atoms with Gasteiger partial charge in [-0.25, -0.2) is 0 Å². The van der Waals surface area contributed by atoms with Gasteiger partial charge in [0.1, 0.15) is 6.61 Å². The van der Waals surface area contributed by atoms with Gasteiger partial charge in [-0.2, -0.15) is 0 Å². The maximum atomic E-state index is 11.3. The molecule has 3 atom stereocenters. The van der Waals surface area contributed by atoms with Gasteiger partial charge < -0.3 is 14.6 Å². The van der Waals surface area contributed by atoms with Crippen molar-refractivity contribution in [2.24, 2.45) is 0 Å². The van der Waals surface area contributed by atoms with Gasteiger partial charge in [-0.05, 0) is 26.2 Å². The van der Waals surface area contributed by atoms with E-state index in [1.165, 1.54) is 51.4 Å². The lowest BCUT2D eigenvalue weighted by Gasteiger charge is -2.06. The average Bonchev–Trinajstić information content (AvgIpc) is 3.22. The van der Waals surface area contributed by atoms with E-state index in [0.29, 0.717) is 18.6 Å². The van der Waals surface area contributed by atoms with Gasteiger partial charge in [-0.15, -0.1) is 0 Å². The van der Waals surface area contributed by atoms with Crippen LogP contribution in [0.5, 0.6) is 0 Å². The van der Waals surface area contributed by atoms with Crippen molar-refractivity contribution in [3.05, 3.63) is 0 Å². The first-order valence-corrected chi connectivity index (χ1v) is 9.12. The van der Waals surface area contributed by atoms with E-state index >= 15 is 0 Å². The Kier molecular flexibility index (Phi) is 10.5. The number of aliphatic hydroxyl groups excluding tert-OH is 1. The first kappa shape index (κ1) is 19.4. The lowest BCUT2D eigenvalue weighted by Crippen LogP contribution is -2.14. The summed E-state index contributed by atoms with van der Waals surface area (Å²) in [5.41, 5.74) is 0. The Morgan fingerprint density at radius 1 is 1.05 bits per heavy atom. The standard InChI is InChI=1S/C18H34O4/c1-3-11-16-17(22-16)12-9-7-5-4-6-8-10-13-18(20)21-14-15(2)19/h15-17,19H,3-14H2,1-2H3. The smallest absolute Gasteiger partial charge is 0.305 e. The predicted molar refractivity (Wildman–Crippen MR) is 87.8 cm³/mol. The molecule has 1 aliphatic rings. The molecule has 4 nitrogen and oxygen atoms in total. The summed E-state index contributed by atoms with van der Waals surface area (Å²) in [6.07, 6.45) is 13.1. The predicted octanol–water partition coefficient (Wildman–Crippen LogP) is 3.99. The number of esters is 1. The second kappa shape index (κ2) is 11.9. The van der Waals surface area contributed by atoms with Crippen molar-refractivity contribution in [1.82, 2.24) is 0 Å². The molecular weight excluding hydrogens is 280 g/mol. The van der Waals surface area contributed by atoms with Crippen LogP contribution in [-0.2, 0) is 14.3 Å². The molecule has 1 fully saturated rings. The maximum Gasteiger partial charge on any atom is 0.305 e. The first-order valence-electron chi connectivity index (χ1n) is 9.12. The fourth-order valence-corrected chi connectivity index (χ4v) is 2.76. The largest absolute Gasteiger partial charge is 0.463 e. The number of aliphatic hydroxyl groups is 1. The van der Waals surface area contributed by atoms with Crippen LogP contribution < -0.4 is 0 Å². The summed E-state index contributed by atoms with van der Waals surface area (Å²) in [6.45, 7) is 3.95. The minimum Gasteiger partial charge on any atom is -0.463 e. The minimum atomic E-state index is -0.567. The summed E-state index contributed by atoms with van der Waals surface area (Å²) in [5.74, 6) is -0.188. The van der Waals surface area contributed by atoms with E-state index in [-0.39, 0.29) is 12.6 Å².